The average Bonchev–Trinajstić information content (AvgIpc) is 3.05. The van der Waals surface area contributed by atoms with E-state index in [9.17, 15) is 9.90 Å². The summed E-state index contributed by atoms with van der Waals surface area (Å²) in [5.74, 6) is -0.0450. The summed E-state index contributed by atoms with van der Waals surface area (Å²) in [7, 11) is 0. The number of nitrogens with one attached hydrogen (secondary N) is 1. The third-order valence-electron chi connectivity index (χ3n) is 3.41. The molecular formula is C12H14N4O2. The summed E-state index contributed by atoms with van der Waals surface area (Å²) < 4.78 is 0. The number of carbonyl (C=O) groups excluding carboxylic acids is 1. The summed E-state index contributed by atoms with van der Waals surface area (Å²) in [5, 5.41) is 19.7. The molecule has 0 aliphatic carbocycles. The van der Waals surface area contributed by atoms with Crippen LogP contribution in [0.2, 0.25) is 0 Å². The molecule has 1 aromatic carbocycles. The Morgan fingerprint density at radius 2 is 2.28 bits per heavy atom. The predicted octanol–water partition coefficient (Wildman–Crippen LogP) is 0.555. The van der Waals surface area contributed by atoms with Gasteiger partial charge in [0.1, 0.15) is 11.0 Å². The van der Waals surface area contributed by atoms with Crippen LogP contribution in [0.15, 0.2) is 18.2 Å². The third-order valence-corrected chi connectivity index (χ3v) is 3.41. The second kappa shape index (κ2) is 4.38. The molecule has 18 heavy (non-hydrogen) atoms. The lowest BCUT2D eigenvalue weighted by atomic mass is 10.1. The normalized spacial score (nSPS) is 19.6. The lowest BCUT2D eigenvalue weighted by molar-refractivity contribution is 0.0678. The van der Waals surface area contributed by atoms with Crippen LogP contribution in [0.1, 0.15) is 23.2 Å². The summed E-state index contributed by atoms with van der Waals surface area (Å²) in [6.45, 7) is 0.735. The van der Waals surface area contributed by atoms with Crippen molar-refractivity contribution in [3.8, 4) is 0 Å². The minimum Gasteiger partial charge on any atom is -0.394 e. The number of nitrogens with zero attached hydrogens (tertiary/aromatic N) is 3. The highest BCUT2D eigenvalue weighted by Crippen LogP contribution is 2.21. The Morgan fingerprint density at radius 3 is 3.11 bits per heavy atom. The molecule has 94 valence electrons. The van der Waals surface area contributed by atoms with Crippen LogP contribution in [0.5, 0.6) is 0 Å². The van der Waals surface area contributed by atoms with Crippen molar-refractivity contribution in [2.45, 2.75) is 18.9 Å². The van der Waals surface area contributed by atoms with Crippen LogP contribution in [0, 0.1) is 0 Å². The summed E-state index contributed by atoms with van der Waals surface area (Å²) >= 11 is 0. The third kappa shape index (κ3) is 1.74. The molecule has 1 unspecified atom stereocenters. The molecule has 1 fully saturated rings. The molecule has 1 saturated heterocycles. The number of carbonyl (C=O) groups is 1. The molecule has 1 aromatic heterocycles. The molecule has 0 radical (unpaired) electrons. The number of hydrogen-bond donors (Lipinski definition) is 2. The molecule has 2 N–H and O–H groups in total. The van der Waals surface area contributed by atoms with Gasteiger partial charge in [0, 0.05) is 12.1 Å². The van der Waals surface area contributed by atoms with Crippen LogP contribution in [0.25, 0.3) is 11.0 Å². The number of H-pyrrole nitrogens is 1. The molecule has 0 spiro atoms. The van der Waals surface area contributed by atoms with E-state index in [0.29, 0.717) is 17.6 Å². The molecule has 6 heteroatoms. The maximum absolute atomic E-state index is 12.3. The molecule has 2 aromatic rings. The van der Waals surface area contributed by atoms with Crippen molar-refractivity contribution in [1.29, 1.82) is 0 Å². The van der Waals surface area contributed by atoms with Gasteiger partial charge in [-0.2, -0.15) is 15.4 Å². The zero-order chi connectivity index (χ0) is 12.5. The van der Waals surface area contributed by atoms with Crippen molar-refractivity contribution < 1.29 is 9.90 Å². The summed E-state index contributed by atoms with van der Waals surface area (Å²) in [6.07, 6.45) is 1.82. The van der Waals surface area contributed by atoms with Gasteiger partial charge in [-0.05, 0) is 31.0 Å². The first-order valence-electron chi connectivity index (χ1n) is 6.02. The van der Waals surface area contributed by atoms with Crippen molar-refractivity contribution in [2.75, 3.05) is 13.2 Å². The number of amides is 1. The van der Waals surface area contributed by atoms with Gasteiger partial charge < -0.3 is 10.0 Å². The van der Waals surface area contributed by atoms with E-state index in [1.54, 1.807) is 23.1 Å². The van der Waals surface area contributed by atoms with Crippen molar-refractivity contribution >= 4 is 16.9 Å². The summed E-state index contributed by atoms with van der Waals surface area (Å²) in [5.41, 5.74) is 2.02. The quantitative estimate of drug-likeness (QED) is 0.811. The number of hydrogen-bond acceptors (Lipinski definition) is 4. The monoisotopic (exact) mass is 246 g/mol. The highest BCUT2D eigenvalue weighted by molar-refractivity contribution is 5.97. The largest absolute Gasteiger partial charge is 0.394 e. The number of fused-ring (bicyclic) bond motifs is 1. The lowest BCUT2D eigenvalue weighted by Crippen LogP contribution is -2.37. The topological polar surface area (TPSA) is 82.1 Å². The fourth-order valence-corrected chi connectivity index (χ4v) is 2.43. The van der Waals surface area contributed by atoms with Crippen LogP contribution in [-0.2, 0) is 0 Å². The van der Waals surface area contributed by atoms with Gasteiger partial charge in [-0.3, -0.25) is 4.79 Å². The van der Waals surface area contributed by atoms with E-state index in [2.05, 4.69) is 15.4 Å². The first-order chi connectivity index (χ1) is 8.79. The van der Waals surface area contributed by atoms with E-state index in [1.807, 2.05) is 0 Å². The molecule has 0 saturated carbocycles. The number of benzene rings is 1. The molecule has 1 aliphatic rings. The van der Waals surface area contributed by atoms with Crippen LogP contribution >= 0.6 is 0 Å². The van der Waals surface area contributed by atoms with Gasteiger partial charge in [-0.15, -0.1) is 0 Å². The number of aliphatic hydroxyl groups excluding tert-OH is 1. The van der Waals surface area contributed by atoms with Crippen LogP contribution in [0.3, 0.4) is 0 Å². The minimum absolute atomic E-state index is 0.0257. The smallest absolute Gasteiger partial charge is 0.254 e. The van der Waals surface area contributed by atoms with Gasteiger partial charge in [0.2, 0.25) is 0 Å². The minimum atomic E-state index is -0.0505. The zero-order valence-electron chi connectivity index (χ0n) is 9.83. The van der Waals surface area contributed by atoms with E-state index >= 15 is 0 Å². The van der Waals surface area contributed by atoms with Gasteiger partial charge in [0.05, 0.1) is 12.6 Å². The zero-order valence-corrected chi connectivity index (χ0v) is 9.83. The number of likely N-dealkylation sites (tertiary alicyclic amines) is 1. The SMILES string of the molecule is O=C(c1ccc2n[nH]nc2c1)N1CCCC1CO. The number of aromatic nitrogens is 3. The Balaban J connectivity index is 1.91. The lowest BCUT2D eigenvalue weighted by Gasteiger charge is -2.22. The van der Waals surface area contributed by atoms with Gasteiger partial charge >= 0.3 is 0 Å². The van der Waals surface area contributed by atoms with E-state index < -0.39 is 0 Å². The van der Waals surface area contributed by atoms with Gasteiger partial charge in [0.15, 0.2) is 0 Å². The van der Waals surface area contributed by atoms with E-state index in [4.69, 9.17) is 0 Å². The Labute approximate surface area is 104 Å². The molecule has 1 aliphatic heterocycles. The molecule has 1 amide bonds. The average molecular weight is 246 g/mol. The van der Waals surface area contributed by atoms with Crippen LogP contribution in [0.4, 0.5) is 0 Å². The molecule has 3 rings (SSSR count). The van der Waals surface area contributed by atoms with Crippen LogP contribution < -0.4 is 0 Å². The second-order valence-electron chi connectivity index (χ2n) is 4.50. The van der Waals surface area contributed by atoms with Gasteiger partial charge in [-0.25, -0.2) is 0 Å². The first-order valence-corrected chi connectivity index (χ1v) is 6.02. The Morgan fingerprint density at radius 1 is 1.44 bits per heavy atom. The van der Waals surface area contributed by atoms with Crippen LogP contribution in [-0.4, -0.2) is 50.5 Å². The van der Waals surface area contributed by atoms with Gasteiger partial charge in [0.25, 0.3) is 5.91 Å². The molecular weight excluding hydrogens is 232 g/mol. The number of rotatable bonds is 2. The van der Waals surface area contributed by atoms with E-state index in [0.717, 1.165) is 18.4 Å². The first kappa shape index (κ1) is 11.2. The highest BCUT2D eigenvalue weighted by Gasteiger charge is 2.28. The van der Waals surface area contributed by atoms with Crippen molar-refractivity contribution in [3.05, 3.63) is 23.8 Å². The number of aromatic amines is 1. The number of aliphatic hydroxyl groups is 1. The van der Waals surface area contributed by atoms with Crippen molar-refractivity contribution in [3.63, 3.8) is 0 Å². The Bertz CT molecular complexity index is 580. The Kier molecular flexibility index (Phi) is 2.71. The van der Waals surface area contributed by atoms with E-state index in [-0.39, 0.29) is 18.6 Å². The van der Waals surface area contributed by atoms with E-state index in [1.165, 1.54) is 0 Å². The van der Waals surface area contributed by atoms with Crippen molar-refractivity contribution in [1.82, 2.24) is 20.3 Å². The van der Waals surface area contributed by atoms with Crippen molar-refractivity contribution in [2.24, 2.45) is 0 Å². The predicted molar refractivity (Wildman–Crippen MR) is 65.0 cm³/mol. The molecule has 0 bridgehead atoms. The summed E-state index contributed by atoms with van der Waals surface area (Å²) in [6, 6.07) is 5.20. The fourth-order valence-electron chi connectivity index (χ4n) is 2.43. The highest BCUT2D eigenvalue weighted by atomic mass is 16.3. The Hall–Kier alpha value is -1.95. The summed E-state index contributed by atoms with van der Waals surface area (Å²) in [4.78, 5) is 14.1. The van der Waals surface area contributed by atoms with Gasteiger partial charge in [-0.1, -0.05) is 0 Å². The maximum Gasteiger partial charge on any atom is 0.254 e. The standard InChI is InChI=1S/C12H14N4O2/c17-7-9-2-1-5-16(9)12(18)8-3-4-10-11(6-8)14-15-13-10/h3-4,6,9,17H,1-2,5,7H2,(H,13,14,15). The molecule has 1 atom stereocenters. The molecule has 2 heterocycles. The molecule has 6 nitrogen and oxygen atoms in total. The second-order valence-corrected chi connectivity index (χ2v) is 4.50. The fraction of sp³-hybridized carbons (Fsp3) is 0.417. The maximum atomic E-state index is 12.3.